The van der Waals surface area contributed by atoms with E-state index in [1.165, 1.54) is 7.11 Å². The average molecular weight is 373 g/mol. The lowest BCUT2D eigenvalue weighted by atomic mass is 9.89. The number of urea groups is 1. The van der Waals surface area contributed by atoms with Crippen LogP contribution in [0.15, 0.2) is 42.5 Å². The second-order valence-electron chi connectivity index (χ2n) is 6.54. The topological polar surface area (TPSA) is 67.9 Å². The van der Waals surface area contributed by atoms with Crippen LogP contribution in [-0.2, 0) is 4.74 Å². The third kappa shape index (κ3) is 2.57. The van der Waals surface area contributed by atoms with Gasteiger partial charge in [-0.3, -0.25) is 4.90 Å². The average Bonchev–Trinajstić information content (AvgIpc) is 2.60. The highest BCUT2D eigenvalue weighted by Gasteiger charge is 2.50. The van der Waals surface area contributed by atoms with Crippen LogP contribution < -0.4 is 15.0 Å². The highest BCUT2D eigenvalue weighted by Crippen LogP contribution is 2.46. The molecule has 0 spiro atoms. The molecule has 6 nitrogen and oxygen atoms in total. The van der Waals surface area contributed by atoms with Crippen LogP contribution in [0.25, 0.3) is 0 Å². The molecule has 2 aromatic carbocycles. The molecule has 0 radical (unpaired) electrons. The van der Waals surface area contributed by atoms with Crippen molar-refractivity contribution in [3.63, 3.8) is 0 Å². The van der Waals surface area contributed by atoms with Crippen molar-refractivity contribution in [2.75, 3.05) is 12.0 Å². The quantitative estimate of drug-likeness (QED) is 0.812. The largest absolute Gasteiger partial charge is 0.467 e. The number of hydrogen-bond acceptors (Lipinski definition) is 4. The molecule has 0 unspecified atom stereocenters. The summed E-state index contributed by atoms with van der Waals surface area (Å²) in [5, 5.41) is 3.53. The Hall–Kier alpha value is -2.73. The van der Waals surface area contributed by atoms with Crippen LogP contribution >= 0.6 is 11.6 Å². The molecule has 26 heavy (non-hydrogen) atoms. The number of rotatable bonds is 2. The first-order valence-electron chi connectivity index (χ1n) is 8.19. The summed E-state index contributed by atoms with van der Waals surface area (Å²) in [5.41, 5.74) is 0.984. The van der Waals surface area contributed by atoms with Crippen molar-refractivity contribution in [3.8, 4) is 5.75 Å². The fourth-order valence-corrected chi connectivity index (χ4v) is 3.81. The summed E-state index contributed by atoms with van der Waals surface area (Å²) in [6.45, 7) is 1.87. The maximum atomic E-state index is 12.8. The lowest BCUT2D eigenvalue weighted by molar-refractivity contribution is 0.0377. The molecule has 2 atom stereocenters. The van der Waals surface area contributed by atoms with Gasteiger partial charge in [0.05, 0.1) is 24.4 Å². The van der Waals surface area contributed by atoms with Crippen LogP contribution in [0.5, 0.6) is 5.75 Å². The molecule has 0 aromatic heterocycles. The third-order valence-corrected chi connectivity index (χ3v) is 4.99. The number of amides is 2. The molecule has 0 saturated carbocycles. The van der Waals surface area contributed by atoms with Crippen LogP contribution in [-0.4, -0.2) is 24.8 Å². The van der Waals surface area contributed by atoms with E-state index in [0.717, 1.165) is 5.56 Å². The van der Waals surface area contributed by atoms with Crippen LogP contribution in [0.4, 0.5) is 10.5 Å². The molecule has 1 saturated heterocycles. The maximum absolute atomic E-state index is 12.8. The molecule has 2 aliphatic heterocycles. The molecule has 2 aliphatic rings. The number of hydrogen-bond donors (Lipinski definition) is 1. The van der Waals surface area contributed by atoms with Gasteiger partial charge in [0.25, 0.3) is 0 Å². The molecular weight excluding hydrogens is 356 g/mol. The number of carbonyl (C=O) groups excluding carboxylic acids is 2. The first-order chi connectivity index (χ1) is 12.4. The van der Waals surface area contributed by atoms with Gasteiger partial charge < -0.3 is 14.8 Å². The minimum Gasteiger partial charge on any atom is -0.467 e. The van der Waals surface area contributed by atoms with Gasteiger partial charge in [0.1, 0.15) is 5.75 Å². The first-order valence-corrected chi connectivity index (χ1v) is 8.57. The number of methoxy groups -OCH3 is 1. The SMILES string of the molecule is COC(=O)c1ccc2c(c1)[C@@H]1C[C@](C)(O2)N(c2cccc(Cl)c2)C(=O)N1. The van der Waals surface area contributed by atoms with E-state index >= 15 is 0 Å². The lowest BCUT2D eigenvalue weighted by Crippen LogP contribution is -2.65. The zero-order valence-electron chi connectivity index (χ0n) is 14.3. The Labute approximate surface area is 155 Å². The number of nitrogens with zero attached hydrogens (tertiary/aromatic N) is 1. The van der Waals surface area contributed by atoms with E-state index in [1.807, 2.05) is 13.0 Å². The van der Waals surface area contributed by atoms with E-state index in [4.69, 9.17) is 21.1 Å². The molecule has 2 heterocycles. The Balaban J connectivity index is 1.76. The van der Waals surface area contributed by atoms with E-state index < -0.39 is 11.7 Å². The van der Waals surface area contributed by atoms with Gasteiger partial charge in [-0.25, -0.2) is 9.59 Å². The molecule has 2 amide bonds. The van der Waals surface area contributed by atoms with Gasteiger partial charge in [-0.15, -0.1) is 0 Å². The number of nitrogens with one attached hydrogen (secondary N) is 1. The van der Waals surface area contributed by atoms with Gasteiger partial charge in [0, 0.05) is 17.0 Å². The third-order valence-electron chi connectivity index (χ3n) is 4.76. The van der Waals surface area contributed by atoms with Crippen LogP contribution in [0.2, 0.25) is 5.02 Å². The number of ether oxygens (including phenoxy) is 2. The minimum absolute atomic E-state index is 0.253. The predicted octanol–water partition coefficient (Wildman–Crippen LogP) is 3.90. The van der Waals surface area contributed by atoms with Crippen molar-refractivity contribution in [2.45, 2.75) is 25.1 Å². The molecule has 2 bridgehead atoms. The van der Waals surface area contributed by atoms with Gasteiger partial charge >= 0.3 is 12.0 Å². The Morgan fingerprint density at radius 3 is 2.88 bits per heavy atom. The molecule has 1 fully saturated rings. The summed E-state index contributed by atoms with van der Waals surface area (Å²) >= 11 is 6.09. The maximum Gasteiger partial charge on any atom is 0.337 e. The molecule has 134 valence electrons. The van der Waals surface area contributed by atoms with Crippen molar-refractivity contribution < 1.29 is 19.1 Å². The Bertz CT molecular complexity index is 916. The van der Waals surface area contributed by atoms with Crippen molar-refractivity contribution in [1.29, 1.82) is 0 Å². The molecular formula is C19H17ClN2O4. The zero-order chi connectivity index (χ0) is 18.5. The van der Waals surface area contributed by atoms with E-state index in [0.29, 0.717) is 28.4 Å². The van der Waals surface area contributed by atoms with E-state index in [-0.39, 0.29) is 12.1 Å². The number of carbonyl (C=O) groups is 2. The highest BCUT2D eigenvalue weighted by molar-refractivity contribution is 6.30. The summed E-state index contributed by atoms with van der Waals surface area (Å²) in [4.78, 5) is 26.2. The molecule has 0 aliphatic carbocycles. The van der Waals surface area contributed by atoms with Crippen molar-refractivity contribution >= 4 is 29.3 Å². The van der Waals surface area contributed by atoms with Crippen molar-refractivity contribution in [1.82, 2.24) is 5.32 Å². The van der Waals surface area contributed by atoms with Gasteiger partial charge in [-0.1, -0.05) is 17.7 Å². The smallest absolute Gasteiger partial charge is 0.337 e. The molecule has 4 rings (SSSR count). The van der Waals surface area contributed by atoms with Gasteiger partial charge in [0.2, 0.25) is 0 Å². The first kappa shape index (κ1) is 16.7. The summed E-state index contributed by atoms with van der Waals surface area (Å²) < 4.78 is 11.0. The summed E-state index contributed by atoms with van der Waals surface area (Å²) in [5.74, 6) is 0.201. The fourth-order valence-electron chi connectivity index (χ4n) is 3.63. The van der Waals surface area contributed by atoms with Crippen molar-refractivity contribution in [3.05, 3.63) is 58.6 Å². The number of anilines is 1. The fraction of sp³-hybridized carbons (Fsp3) is 0.263. The standard InChI is InChI=1S/C19H17ClN2O4/c1-19-10-15(14-8-11(17(23)25-2)6-7-16(14)26-19)21-18(24)22(19)13-5-3-4-12(20)9-13/h3-9,15H,10H2,1-2H3,(H,21,24)/t15-,19-/m0/s1. The van der Waals surface area contributed by atoms with Crippen LogP contribution in [0, 0.1) is 0 Å². The number of esters is 1. The Morgan fingerprint density at radius 1 is 1.35 bits per heavy atom. The molecule has 7 heteroatoms. The van der Waals surface area contributed by atoms with E-state index in [1.54, 1.807) is 41.3 Å². The van der Waals surface area contributed by atoms with Crippen LogP contribution in [0.3, 0.4) is 0 Å². The zero-order valence-corrected chi connectivity index (χ0v) is 15.0. The number of fused-ring (bicyclic) bond motifs is 4. The highest BCUT2D eigenvalue weighted by atomic mass is 35.5. The predicted molar refractivity (Wildman–Crippen MR) is 96.6 cm³/mol. The van der Waals surface area contributed by atoms with E-state index in [9.17, 15) is 9.59 Å². The second kappa shape index (κ2) is 5.92. The van der Waals surface area contributed by atoms with Gasteiger partial charge in [-0.05, 0) is 43.3 Å². The number of halogens is 1. The minimum atomic E-state index is -0.864. The summed E-state index contributed by atoms with van der Waals surface area (Å²) in [7, 11) is 1.33. The van der Waals surface area contributed by atoms with Gasteiger partial charge in [-0.2, -0.15) is 0 Å². The molecule has 1 N–H and O–H groups in total. The Morgan fingerprint density at radius 2 is 2.15 bits per heavy atom. The summed E-state index contributed by atoms with van der Waals surface area (Å²) in [6.07, 6.45) is 0.531. The molecule has 2 aromatic rings. The summed E-state index contributed by atoms with van der Waals surface area (Å²) in [6, 6.07) is 11.7. The Kier molecular flexibility index (Phi) is 3.80. The van der Waals surface area contributed by atoms with Gasteiger partial charge in [0.15, 0.2) is 5.72 Å². The number of benzene rings is 2. The second-order valence-corrected chi connectivity index (χ2v) is 6.98. The van der Waals surface area contributed by atoms with Crippen LogP contribution in [0.1, 0.15) is 35.3 Å². The van der Waals surface area contributed by atoms with E-state index in [2.05, 4.69) is 5.32 Å². The van der Waals surface area contributed by atoms with Crippen molar-refractivity contribution in [2.24, 2.45) is 0 Å². The normalized spacial score (nSPS) is 23.6. The monoisotopic (exact) mass is 372 g/mol. The lowest BCUT2D eigenvalue weighted by Gasteiger charge is -2.50.